The van der Waals surface area contributed by atoms with Crippen molar-refractivity contribution >= 4 is 5.91 Å². The number of aliphatic hydroxyl groups excluding tert-OH is 1. The molecular formula is C18H22N2O3. The summed E-state index contributed by atoms with van der Waals surface area (Å²) < 4.78 is 5.70. The second-order valence-electron chi connectivity index (χ2n) is 6.16. The van der Waals surface area contributed by atoms with Crippen molar-refractivity contribution in [1.29, 1.82) is 0 Å². The fourth-order valence-corrected chi connectivity index (χ4v) is 2.58. The van der Waals surface area contributed by atoms with Gasteiger partial charge in [-0.3, -0.25) is 4.79 Å². The van der Waals surface area contributed by atoms with Gasteiger partial charge in [-0.15, -0.1) is 0 Å². The molecule has 1 saturated carbocycles. The van der Waals surface area contributed by atoms with E-state index in [1.54, 1.807) is 18.1 Å². The summed E-state index contributed by atoms with van der Waals surface area (Å²) in [4.78, 5) is 18.0. The molecule has 5 heteroatoms. The Hall–Kier alpha value is -2.14. The van der Waals surface area contributed by atoms with Crippen LogP contribution in [0.15, 0.2) is 40.9 Å². The number of nitrogens with zero attached hydrogens (tertiary/aromatic N) is 2. The monoisotopic (exact) mass is 314 g/mol. The molecule has 1 N–H and O–H groups in total. The van der Waals surface area contributed by atoms with Crippen LogP contribution in [-0.4, -0.2) is 40.6 Å². The van der Waals surface area contributed by atoms with E-state index in [0.29, 0.717) is 37.0 Å². The Kier molecular flexibility index (Phi) is 4.76. The van der Waals surface area contributed by atoms with Gasteiger partial charge in [0, 0.05) is 32.0 Å². The Morgan fingerprint density at radius 1 is 1.39 bits per heavy atom. The van der Waals surface area contributed by atoms with Gasteiger partial charge in [-0.05, 0) is 18.8 Å². The zero-order valence-electron chi connectivity index (χ0n) is 13.3. The number of hydrogen-bond donors (Lipinski definition) is 1. The molecule has 1 heterocycles. The molecule has 1 aromatic heterocycles. The van der Waals surface area contributed by atoms with E-state index in [9.17, 15) is 9.90 Å². The quantitative estimate of drug-likeness (QED) is 0.852. The number of aliphatic hydroxyl groups is 1. The highest BCUT2D eigenvalue weighted by molar-refractivity contribution is 5.76. The summed E-state index contributed by atoms with van der Waals surface area (Å²) in [6.07, 6.45) is 4.24. The van der Waals surface area contributed by atoms with Gasteiger partial charge in [0.15, 0.2) is 11.7 Å². The lowest BCUT2D eigenvalue weighted by molar-refractivity contribution is -0.131. The SMILES string of the molecule is CN(CC(O)C1CC1)C(=O)CCc1ncc(-c2ccccc2)o1. The van der Waals surface area contributed by atoms with Gasteiger partial charge in [0.2, 0.25) is 5.91 Å². The molecule has 0 spiro atoms. The van der Waals surface area contributed by atoms with Crippen molar-refractivity contribution in [2.24, 2.45) is 5.92 Å². The number of rotatable bonds is 7. The Morgan fingerprint density at radius 3 is 2.83 bits per heavy atom. The number of carbonyl (C=O) groups excluding carboxylic acids is 1. The van der Waals surface area contributed by atoms with Gasteiger partial charge < -0.3 is 14.4 Å². The van der Waals surface area contributed by atoms with Gasteiger partial charge in [-0.25, -0.2) is 4.98 Å². The first-order valence-corrected chi connectivity index (χ1v) is 8.05. The fourth-order valence-electron chi connectivity index (χ4n) is 2.58. The normalized spacial score (nSPS) is 15.4. The smallest absolute Gasteiger partial charge is 0.222 e. The van der Waals surface area contributed by atoms with E-state index in [4.69, 9.17) is 4.42 Å². The number of carbonyl (C=O) groups is 1. The predicted octanol–water partition coefficient (Wildman–Crippen LogP) is 2.50. The van der Waals surface area contributed by atoms with E-state index in [1.807, 2.05) is 30.3 Å². The molecule has 1 aliphatic carbocycles. The number of likely N-dealkylation sites (N-methyl/N-ethyl adjacent to an activating group) is 1. The standard InChI is InChI=1S/C18H22N2O3/c1-20(12-15(21)13-7-8-13)18(22)10-9-17-19-11-16(23-17)14-5-3-2-4-6-14/h2-6,11,13,15,21H,7-10,12H2,1H3. The molecule has 122 valence electrons. The molecule has 0 saturated heterocycles. The van der Waals surface area contributed by atoms with E-state index in [2.05, 4.69) is 4.98 Å². The summed E-state index contributed by atoms with van der Waals surface area (Å²) in [7, 11) is 1.74. The van der Waals surface area contributed by atoms with Crippen LogP contribution in [0.3, 0.4) is 0 Å². The van der Waals surface area contributed by atoms with E-state index in [1.165, 1.54) is 0 Å². The number of aromatic nitrogens is 1. The highest BCUT2D eigenvalue weighted by Crippen LogP contribution is 2.32. The average Bonchev–Trinajstić information content (AvgIpc) is 3.32. The van der Waals surface area contributed by atoms with E-state index < -0.39 is 6.10 Å². The second kappa shape index (κ2) is 6.96. The van der Waals surface area contributed by atoms with Crippen molar-refractivity contribution in [3.63, 3.8) is 0 Å². The predicted molar refractivity (Wildman–Crippen MR) is 86.6 cm³/mol. The maximum Gasteiger partial charge on any atom is 0.222 e. The first-order valence-electron chi connectivity index (χ1n) is 8.05. The van der Waals surface area contributed by atoms with Crippen molar-refractivity contribution in [2.45, 2.75) is 31.8 Å². The maximum atomic E-state index is 12.1. The first-order chi connectivity index (χ1) is 11.1. The van der Waals surface area contributed by atoms with Crippen LogP contribution in [0.5, 0.6) is 0 Å². The Balaban J connectivity index is 1.50. The fraction of sp³-hybridized carbons (Fsp3) is 0.444. The Morgan fingerprint density at radius 2 is 2.13 bits per heavy atom. The number of hydrogen-bond acceptors (Lipinski definition) is 4. The number of aryl methyl sites for hydroxylation is 1. The van der Waals surface area contributed by atoms with Gasteiger partial charge in [0.05, 0.1) is 12.3 Å². The minimum atomic E-state index is -0.393. The molecule has 3 rings (SSSR count). The van der Waals surface area contributed by atoms with Crippen molar-refractivity contribution in [1.82, 2.24) is 9.88 Å². The molecule has 1 unspecified atom stereocenters. The largest absolute Gasteiger partial charge is 0.441 e. The molecule has 2 aromatic rings. The summed E-state index contributed by atoms with van der Waals surface area (Å²) in [6, 6.07) is 9.76. The lowest BCUT2D eigenvalue weighted by Crippen LogP contribution is -2.35. The third-order valence-electron chi connectivity index (χ3n) is 4.22. The van der Waals surface area contributed by atoms with Crippen LogP contribution in [-0.2, 0) is 11.2 Å². The molecule has 1 aliphatic rings. The van der Waals surface area contributed by atoms with E-state index >= 15 is 0 Å². The van der Waals surface area contributed by atoms with Crippen molar-refractivity contribution in [2.75, 3.05) is 13.6 Å². The molecule has 1 amide bonds. The van der Waals surface area contributed by atoms with Crippen LogP contribution in [0.25, 0.3) is 11.3 Å². The van der Waals surface area contributed by atoms with Crippen LogP contribution < -0.4 is 0 Å². The number of benzene rings is 1. The Bertz CT molecular complexity index is 649. The molecule has 0 aliphatic heterocycles. The number of amides is 1. The zero-order chi connectivity index (χ0) is 16.2. The van der Waals surface area contributed by atoms with Crippen LogP contribution in [0.4, 0.5) is 0 Å². The molecule has 23 heavy (non-hydrogen) atoms. The van der Waals surface area contributed by atoms with Gasteiger partial charge in [-0.1, -0.05) is 30.3 Å². The molecular weight excluding hydrogens is 292 g/mol. The molecule has 5 nitrogen and oxygen atoms in total. The Labute approximate surface area is 135 Å². The summed E-state index contributed by atoms with van der Waals surface area (Å²) in [5, 5.41) is 9.90. The highest BCUT2D eigenvalue weighted by Gasteiger charge is 2.31. The molecule has 1 fully saturated rings. The highest BCUT2D eigenvalue weighted by atomic mass is 16.4. The van der Waals surface area contributed by atoms with Gasteiger partial charge >= 0.3 is 0 Å². The maximum absolute atomic E-state index is 12.1. The lowest BCUT2D eigenvalue weighted by Gasteiger charge is -2.20. The molecule has 0 radical (unpaired) electrons. The number of oxazole rings is 1. The minimum Gasteiger partial charge on any atom is -0.441 e. The van der Waals surface area contributed by atoms with Gasteiger partial charge in [0.25, 0.3) is 0 Å². The van der Waals surface area contributed by atoms with E-state index in [-0.39, 0.29) is 5.91 Å². The average molecular weight is 314 g/mol. The molecule has 1 aromatic carbocycles. The van der Waals surface area contributed by atoms with Crippen LogP contribution in [0, 0.1) is 5.92 Å². The van der Waals surface area contributed by atoms with Crippen LogP contribution in [0.1, 0.15) is 25.2 Å². The van der Waals surface area contributed by atoms with Crippen LogP contribution in [0.2, 0.25) is 0 Å². The topological polar surface area (TPSA) is 66.6 Å². The summed E-state index contributed by atoms with van der Waals surface area (Å²) in [6.45, 7) is 0.407. The summed E-state index contributed by atoms with van der Waals surface area (Å²) >= 11 is 0. The zero-order valence-corrected chi connectivity index (χ0v) is 13.3. The lowest BCUT2D eigenvalue weighted by atomic mass is 10.2. The van der Waals surface area contributed by atoms with Crippen molar-refractivity contribution in [3.05, 3.63) is 42.4 Å². The minimum absolute atomic E-state index is 0.00385. The molecule has 0 bridgehead atoms. The third-order valence-corrected chi connectivity index (χ3v) is 4.22. The summed E-state index contributed by atoms with van der Waals surface area (Å²) in [5.41, 5.74) is 0.974. The second-order valence-corrected chi connectivity index (χ2v) is 6.16. The first kappa shape index (κ1) is 15.7. The van der Waals surface area contributed by atoms with Gasteiger partial charge in [0.1, 0.15) is 0 Å². The van der Waals surface area contributed by atoms with Crippen molar-refractivity contribution < 1.29 is 14.3 Å². The third kappa shape index (κ3) is 4.20. The van der Waals surface area contributed by atoms with Gasteiger partial charge in [-0.2, -0.15) is 0 Å². The van der Waals surface area contributed by atoms with Crippen LogP contribution >= 0.6 is 0 Å². The van der Waals surface area contributed by atoms with E-state index in [0.717, 1.165) is 18.4 Å². The summed E-state index contributed by atoms with van der Waals surface area (Å²) in [5.74, 6) is 1.66. The molecule has 1 atom stereocenters. The van der Waals surface area contributed by atoms with Crippen molar-refractivity contribution in [3.8, 4) is 11.3 Å².